The van der Waals surface area contributed by atoms with Gasteiger partial charge in [-0.05, 0) is 31.4 Å². The lowest BCUT2D eigenvalue weighted by atomic mass is 10.0. The van der Waals surface area contributed by atoms with Gasteiger partial charge < -0.3 is 14.8 Å². The SMILES string of the molecule is O=C(CCC(C(=O)O)c1ccco1)NC1CCCC1. The summed E-state index contributed by atoms with van der Waals surface area (Å²) in [6.45, 7) is 0. The van der Waals surface area contributed by atoms with Gasteiger partial charge in [-0.15, -0.1) is 0 Å². The number of carbonyl (C=O) groups is 2. The lowest BCUT2D eigenvalue weighted by Gasteiger charge is -2.13. The molecular formula is C14H19NO4. The number of hydrogen-bond donors (Lipinski definition) is 2. The van der Waals surface area contributed by atoms with Crippen LogP contribution >= 0.6 is 0 Å². The molecule has 5 nitrogen and oxygen atoms in total. The normalized spacial score (nSPS) is 17.3. The van der Waals surface area contributed by atoms with E-state index in [2.05, 4.69) is 5.32 Å². The van der Waals surface area contributed by atoms with E-state index in [-0.39, 0.29) is 24.8 Å². The quantitative estimate of drug-likeness (QED) is 0.827. The molecule has 19 heavy (non-hydrogen) atoms. The van der Waals surface area contributed by atoms with Crippen LogP contribution in [0.25, 0.3) is 0 Å². The molecule has 1 amide bonds. The van der Waals surface area contributed by atoms with Gasteiger partial charge in [0, 0.05) is 12.5 Å². The number of carboxylic acid groups (broad SMARTS) is 1. The third-order valence-corrected chi connectivity index (χ3v) is 3.57. The zero-order valence-corrected chi connectivity index (χ0v) is 10.8. The number of carbonyl (C=O) groups excluding carboxylic acids is 1. The summed E-state index contributed by atoms with van der Waals surface area (Å²) in [6.07, 6.45) is 6.32. The summed E-state index contributed by atoms with van der Waals surface area (Å²) in [5.41, 5.74) is 0. The van der Waals surface area contributed by atoms with Crippen LogP contribution in [0.5, 0.6) is 0 Å². The Balaban J connectivity index is 1.81. The third kappa shape index (κ3) is 3.84. The Morgan fingerprint density at radius 2 is 2.16 bits per heavy atom. The van der Waals surface area contributed by atoms with Crippen molar-refractivity contribution < 1.29 is 19.1 Å². The van der Waals surface area contributed by atoms with Crippen LogP contribution in [0.3, 0.4) is 0 Å². The molecule has 1 unspecified atom stereocenters. The van der Waals surface area contributed by atoms with E-state index in [0.717, 1.165) is 25.7 Å². The second-order valence-corrected chi connectivity index (χ2v) is 4.99. The fourth-order valence-corrected chi connectivity index (χ4v) is 2.52. The zero-order chi connectivity index (χ0) is 13.7. The maximum atomic E-state index is 11.8. The first-order valence-corrected chi connectivity index (χ1v) is 6.72. The number of rotatable bonds is 6. The molecule has 0 aromatic carbocycles. The van der Waals surface area contributed by atoms with Gasteiger partial charge in [0.1, 0.15) is 11.7 Å². The highest BCUT2D eigenvalue weighted by Gasteiger charge is 2.24. The van der Waals surface area contributed by atoms with Crippen LogP contribution in [-0.4, -0.2) is 23.0 Å². The monoisotopic (exact) mass is 265 g/mol. The summed E-state index contributed by atoms with van der Waals surface area (Å²) in [5, 5.41) is 12.1. The predicted octanol–water partition coefficient (Wildman–Crippen LogP) is 2.29. The van der Waals surface area contributed by atoms with E-state index in [9.17, 15) is 9.59 Å². The van der Waals surface area contributed by atoms with Crippen molar-refractivity contribution in [3.8, 4) is 0 Å². The summed E-state index contributed by atoms with van der Waals surface area (Å²) in [5.74, 6) is -1.36. The Morgan fingerprint density at radius 1 is 1.42 bits per heavy atom. The predicted molar refractivity (Wildman–Crippen MR) is 68.7 cm³/mol. The molecule has 0 radical (unpaired) electrons. The van der Waals surface area contributed by atoms with Crippen molar-refractivity contribution >= 4 is 11.9 Å². The molecule has 0 saturated heterocycles. The molecule has 0 spiro atoms. The first-order chi connectivity index (χ1) is 9.16. The van der Waals surface area contributed by atoms with E-state index in [0.29, 0.717) is 5.76 Å². The number of aliphatic carboxylic acids is 1. The maximum absolute atomic E-state index is 11.8. The minimum Gasteiger partial charge on any atom is -0.481 e. The lowest BCUT2D eigenvalue weighted by Crippen LogP contribution is -2.32. The highest BCUT2D eigenvalue weighted by Crippen LogP contribution is 2.23. The second kappa shape index (κ2) is 6.41. The van der Waals surface area contributed by atoms with Crippen LogP contribution < -0.4 is 5.32 Å². The van der Waals surface area contributed by atoms with Gasteiger partial charge in [0.05, 0.1) is 6.26 Å². The van der Waals surface area contributed by atoms with Gasteiger partial charge in [-0.3, -0.25) is 9.59 Å². The number of carboxylic acids is 1. The van der Waals surface area contributed by atoms with E-state index in [1.165, 1.54) is 6.26 Å². The summed E-state index contributed by atoms with van der Waals surface area (Å²) in [7, 11) is 0. The van der Waals surface area contributed by atoms with Gasteiger partial charge in [-0.25, -0.2) is 0 Å². The molecule has 104 valence electrons. The highest BCUT2D eigenvalue weighted by molar-refractivity contribution is 5.79. The zero-order valence-electron chi connectivity index (χ0n) is 10.8. The van der Waals surface area contributed by atoms with E-state index in [1.54, 1.807) is 12.1 Å². The summed E-state index contributed by atoms with van der Waals surface area (Å²) in [6, 6.07) is 3.57. The minimum atomic E-state index is -0.955. The van der Waals surface area contributed by atoms with Crippen molar-refractivity contribution in [2.45, 2.75) is 50.5 Å². The fourth-order valence-electron chi connectivity index (χ4n) is 2.52. The van der Waals surface area contributed by atoms with Crippen molar-refractivity contribution in [1.82, 2.24) is 5.32 Å². The third-order valence-electron chi connectivity index (χ3n) is 3.57. The van der Waals surface area contributed by atoms with Gasteiger partial charge in [0.2, 0.25) is 5.91 Å². The van der Waals surface area contributed by atoms with E-state index in [4.69, 9.17) is 9.52 Å². The first kappa shape index (κ1) is 13.6. The molecule has 1 aliphatic rings. The average Bonchev–Trinajstić information content (AvgIpc) is 3.01. The molecule has 5 heteroatoms. The highest BCUT2D eigenvalue weighted by atomic mass is 16.4. The summed E-state index contributed by atoms with van der Waals surface area (Å²) >= 11 is 0. The molecule has 0 bridgehead atoms. The minimum absolute atomic E-state index is 0.0651. The van der Waals surface area contributed by atoms with E-state index >= 15 is 0 Å². The number of nitrogens with one attached hydrogen (secondary N) is 1. The smallest absolute Gasteiger partial charge is 0.314 e. The molecule has 2 N–H and O–H groups in total. The van der Waals surface area contributed by atoms with Crippen molar-refractivity contribution in [1.29, 1.82) is 0 Å². The Kier molecular flexibility index (Phi) is 4.60. The Bertz CT molecular complexity index is 421. The molecule has 0 aliphatic heterocycles. The average molecular weight is 265 g/mol. The number of hydrogen-bond acceptors (Lipinski definition) is 3. The number of amides is 1. The lowest BCUT2D eigenvalue weighted by molar-refractivity contribution is -0.139. The fraction of sp³-hybridized carbons (Fsp3) is 0.571. The van der Waals surface area contributed by atoms with Crippen molar-refractivity contribution in [3.05, 3.63) is 24.2 Å². The Hall–Kier alpha value is -1.78. The van der Waals surface area contributed by atoms with E-state index < -0.39 is 11.9 Å². The molecular weight excluding hydrogens is 246 g/mol. The topological polar surface area (TPSA) is 79.5 Å². The van der Waals surface area contributed by atoms with Gasteiger partial charge in [-0.1, -0.05) is 12.8 Å². The number of furan rings is 1. The van der Waals surface area contributed by atoms with Crippen LogP contribution in [0.15, 0.2) is 22.8 Å². The molecule has 1 aromatic heterocycles. The molecule has 1 atom stereocenters. The first-order valence-electron chi connectivity index (χ1n) is 6.72. The summed E-state index contributed by atoms with van der Waals surface area (Å²) < 4.78 is 5.11. The van der Waals surface area contributed by atoms with Crippen molar-refractivity contribution in [3.63, 3.8) is 0 Å². The summed E-state index contributed by atoms with van der Waals surface area (Å²) in [4.78, 5) is 22.9. The van der Waals surface area contributed by atoms with Crippen molar-refractivity contribution in [2.24, 2.45) is 0 Å². The van der Waals surface area contributed by atoms with E-state index in [1.807, 2.05) is 0 Å². The van der Waals surface area contributed by atoms with Gasteiger partial charge >= 0.3 is 5.97 Å². The standard InChI is InChI=1S/C14H19NO4/c16-13(15-10-4-1-2-5-10)8-7-11(14(17)18)12-6-3-9-19-12/h3,6,9-11H,1-2,4-5,7-8H2,(H,15,16)(H,17,18). The second-order valence-electron chi connectivity index (χ2n) is 4.99. The Labute approximate surface area is 112 Å². The van der Waals surface area contributed by atoms with Gasteiger partial charge in [0.25, 0.3) is 0 Å². The van der Waals surface area contributed by atoms with Crippen LogP contribution in [-0.2, 0) is 9.59 Å². The van der Waals surface area contributed by atoms with Crippen LogP contribution in [0.1, 0.15) is 50.2 Å². The molecule has 1 aromatic rings. The molecule has 1 heterocycles. The molecule has 1 saturated carbocycles. The van der Waals surface area contributed by atoms with Crippen molar-refractivity contribution in [2.75, 3.05) is 0 Å². The molecule has 1 fully saturated rings. The van der Waals surface area contributed by atoms with Crippen LogP contribution in [0.2, 0.25) is 0 Å². The Morgan fingerprint density at radius 3 is 2.74 bits per heavy atom. The van der Waals surface area contributed by atoms with Crippen LogP contribution in [0.4, 0.5) is 0 Å². The van der Waals surface area contributed by atoms with Gasteiger partial charge in [-0.2, -0.15) is 0 Å². The maximum Gasteiger partial charge on any atom is 0.314 e. The molecule has 2 rings (SSSR count). The largest absolute Gasteiger partial charge is 0.481 e. The van der Waals surface area contributed by atoms with Gasteiger partial charge in [0.15, 0.2) is 0 Å². The van der Waals surface area contributed by atoms with Crippen LogP contribution in [0, 0.1) is 0 Å². The molecule has 1 aliphatic carbocycles.